The van der Waals surface area contributed by atoms with E-state index in [0.717, 1.165) is 27.1 Å². The predicted molar refractivity (Wildman–Crippen MR) is 115 cm³/mol. The summed E-state index contributed by atoms with van der Waals surface area (Å²) in [6.07, 6.45) is 3.98. The molecule has 0 bridgehead atoms. The predicted octanol–water partition coefficient (Wildman–Crippen LogP) is 6.53. The van der Waals surface area contributed by atoms with Crippen LogP contribution in [0.3, 0.4) is 0 Å². The number of thioether (sulfide) groups is 2. The van der Waals surface area contributed by atoms with Crippen molar-refractivity contribution < 1.29 is 4.74 Å². The summed E-state index contributed by atoms with van der Waals surface area (Å²) in [6, 6.07) is 9.58. The second kappa shape index (κ2) is 12.3. The minimum atomic E-state index is 0.106. The van der Waals surface area contributed by atoms with Crippen molar-refractivity contribution in [2.24, 2.45) is 0 Å². The normalized spacial score (nSPS) is 10.8. The molecule has 0 aliphatic heterocycles. The Hall–Kier alpha value is -2.08. The van der Waals surface area contributed by atoms with Gasteiger partial charge in [-0.3, -0.25) is 0 Å². The zero-order valence-corrected chi connectivity index (χ0v) is 17.3. The van der Waals surface area contributed by atoms with Gasteiger partial charge in [0.1, 0.15) is 12.4 Å². The first kappa shape index (κ1) is 22.0. The van der Waals surface area contributed by atoms with Gasteiger partial charge in [0.2, 0.25) is 0 Å². The number of hydrogen-bond acceptors (Lipinski definition) is 4. The molecule has 0 aliphatic rings. The van der Waals surface area contributed by atoms with E-state index in [9.17, 15) is 5.26 Å². The van der Waals surface area contributed by atoms with E-state index in [1.165, 1.54) is 5.57 Å². The summed E-state index contributed by atoms with van der Waals surface area (Å²) in [5.74, 6) is 2.66. The average Bonchev–Trinajstić information content (AvgIpc) is 2.62. The molecule has 1 rings (SSSR count). The smallest absolute Gasteiger partial charge is 0.269 e. The Labute approximate surface area is 165 Å². The van der Waals surface area contributed by atoms with Crippen molar-refractivity contribution in [1.82, 2.24) is 0 Å². The summed E-state index contributed by atoms with van der Waals surface area (Å²) in [6.45, 7) is 16.1. The van der Waals surface area contributed by atoms with Crippen LogP contribution < -0.4 is 4.74 Å². The third kappa shape index (κ3) is 7.44. The summed E-state index contributed by atoms with van der Waals surface area (Å²) < 4.78 is 6.80. The maximum absolute atomic E-state index is 9.36. The van der Waals surface area contributed by atoms with Crippen LogP contribution in [0.4, 0.5) is 0 Å². The molecule has 26 heavy (non-hydrogen) atoms. The molecular weight excluding hydrogens is 360 g/mol. The Balaban J connectivity index is 3.19. The van der Waals surface area contributed by atoms with E-state index in [0.29, 0.717) is 12.2 Å². The van der Waals surface area contributed by atoms with Gasteiger partial charge in [0, 0.05) is 9.81 Å². The molecule has 5 heteroatoms. The molecule has 0 amide bonds. The highest BCUT2D eigenvalue weighted by molar-refractivity contribution is 8.22. The molecule has 136 valence electrons. The topological polar surface area (TPSA) is 37.4 Å². The van der Waals surface area contributed by atoms with E-state index < -0.39 is 0 Å². The third-order valence-electron chi connectivity index (χ3n) is 3.22. The monoisotopic (exact) mass is 384 g/mol. The Bertz CT molecular complexity index is 735. The van der Waals surface area contributed by atoms with Crippen molar-refractivity contribution >= 4 is 29.1 Å². The van der Waals surface area contributed by atoms with Gasteiger partial charge in [0.05, 0.1) is 12.6 Å². The van der Waals surface area contributed by atoms with E-state index >= 15 is 0 Å². The molecular formula is C21H24N2OS2. The fourth-order valence-corrected chi connectivity index (χ4v) is 4.01. The molecule has 0 unspecified atom stereocenters. The molecule has 1 aromatic carbocycles. The fourth-order valence-electron chi connectivity index (χ4n) is 2.00. The molecule has 0 aromatic heterocycles. The van der Waals surface area contributed by atoms with Crippen molar-refractivity contribution in [2.45, 2.75) is 27.7 Å². The third-order valence-corrected chi connectivity index (χ3v) is 5.30. The summed E-state index contributed by atoms with van der Waals surface area (Å²) in [5.41, 5.74) is 2.82. The zero-order chi connectivity index (χ0) is 19.4. The summed E-state index contributed by atoms with van der Waals surface area (Å²) in [4.78, 5) is 3.41. The maximum Gasteiger partial charge on any atom is 0.269 e. The van der Waals surface area contributed by atoms with Crippen LogP contribution in [0, 0.1) is 17.9 Å². The van der Waals surface area contributed by atoms with Crippen molar-refractivity contribution in [1.29, 1.82) is 5.26 Å². The van der Waals surface area contributed by atoms with Gasteiger partial charge in [-0.1, -0.05) is 31.6 Å². The van der Waals surface area contributed by atoms with E-state index in [1.54, 1.807) is 23.5 Å². The Morgan fingerprint density at radius 1 is 1.19 bits per heavy atom. The molecule has 0 aliphatic carbocycles. The molecule has 0 atom stereocenters. The van der Waals surface area contributed by atoms with Gasteiger partial charge < -0.3 is 4.74 Å². The van der Waals surface area contributed by atoms with Crippen LogP contribution in [0.1, 0.15) is 33.3 Å². The Morgan fingerprint density at radius 3 is 2.27 bits per heavy atom. The highest BCUT2D eigenvalue weighted by Crippen LogP contribution is 2.33. The van der Waals surface area contributed by atoms with Crippen LogP contribution in [0.5, 0.6) is 5.75 Å². The second-order valence-corrected chi connectivity index (χ2v) is 8.30. The lowest BCUT2D eigenvalue weighted by Crippen LogP contribution is -1.94. The van der Waals surface area contributed by atoms with Crippen LogP contribution in [-0.4, -0.2) is 18.1 Å². The van der Waals surface area contributed by atoms with E-state index in [-0.39, 0.29) is 5.70 Å². The van der Waals surface area contributed by atoms with Gasteiger partial charge in [-0.2, -0.15) is 0 Å². The first-order valence-electron chi connectivity index (χ1n) is 8.41. The minimum absolute atomic E-state index is 0.106. The number of hydrogen-bond donors (Lipinski definition) is 0. The SMILES string of the molecule is [C-]#[N+]/C(C#N)=C(/C=C(SCC)SCC)c1ccc(OCC=C(C)C)cc1. The van der Waals surface area contributed by atoms with Gasteiger partial charge in [-0.05, 0) is 55.2 Å². The molecule has 0 N–H and O–H groups in total. The maximum atomic E-state index is 9.36. The molecule has 1 aromatic rings. The van der Waals surface area contributed by atoms with Crippen LogP contribution in [0.2, 0.25) is 0 Å². The highest BCUT2D eigenvalue weighted by atomic mass is 32.2. The first-order valence-corrected chi connectivity index (χ1v) is 10.4. The lowest BCUT2D eigenvalue weighted by Gasteiger charge is -2.09. The number of ether oxygens (including phenoxy) is 1. The van der Waals surface area contributed by atoms with Crippen molar-refractivity contribution in [3.05, 3.63) is 68.9 Å². The lowest BCUT2D eigenvalue weighted by atomic mass is 10.0. The summed E-state index contributed by atoms with van der Waals surface area (Å²) >= 11 is 3.45. The summed E-state index contributed by atoms with van der Waals surface area (Å²) in [5, 5.41) is 9.36. The molecule has 3 nitrogen and oxygen atoms in total. The molecule has 0 fully saturated rings. The molecule has 0 spiro atoms. The minimum Gasteiger partial charge on any atom is -0.490 e. The zero-order valence-electron chi connectivity index (χ0n) is 15.7. The second-order valence-electron chi connectivity index (χ2n) is 5.43. The van der Waals surface area contributed by atoms with E-state index in [4.69, 9.17) is 11.3 Å². The molecule has 0 saturated carbocycles. The Morgan fingerprint density at radius 2 is 1.81 bits per heavy atom. The first-order chi connectivity index (χ1) is 12.5. The van der Waals surface area contributed by atoms with Gasteiger partial charge in [-0.25, -0.2) is 10.1 Å². The van der Waals surface area contributed by atoms with E-state index in [2.05, 4.69) is 18.7 Å². The van der Waals surface area contributed by atoms with Gasteiger partial charge >= 0.3 is 0 Å². The van der Waals surface area contributed by atoms with Crippen LogP contribution in [0.15, 0.2) is 51.9 Å². The molecule has 0 heterocycles. The van der Waals surface area contributed by atoms with Crippen LogP contribution >= 0.6 is 23.5 Å². The van der Waals surface area contributed by atoms with Crippen molar-refractivity contribution in [3.8, 4) is 11.8 Å². The van der Waals surface area contributed by atoms with Crippen molar-refractivity contribution in [2.75, 3.05) is 18.1 Å². The summed E-state index contributed by atoms with van der Waals surface area (Å²) in [7, 11) is 0. The number of rotatable bonds is 9. The fraction of sp³-hybridized carbons (Fsp3) is 0.333. The van der Waals surface area contributed by atoms with Gasteiger partial charge in [-0.15, -0.1) is 23.5 Å². The van der Waals surface area contributed by atoms with Crippen LogP contribution in [-0.2, 0) is 0 Å². The standard InChI is InChI=1S/C21H24N2OS2/c1-6-25-21(26-7-2)14-19(20(15-22)23-5)17-8-10-18(11-9-17)24-13-12-16(3)4/h8-12,14H,6-7,13H2,1-4H3/b20-19-. The average molecular weight is 385 g/mol. The van der Waals surface area contributed by atoms with Gasteiger partial charge in [0.25, 0.3) is 5.70 Å². The number of benzene rings is 1. The lowest BCUT2D eigenvalue weighted by molar-refractivity contribution is 0.362. The van der Waals surface area contributed by atoms with Crippen LogP contribution in [0.25, 0.3) is 10.4 Å². The number of allylic oxidation sites excluding steroid dienone is 4. The van der Waals surface area contributed by atoms with Crippen molar-refractivity contribution in [3.63, 3.8) is 0 Å². The number of nitriles is 1. The molecule has 0 radical (unpaired) electrons. The number of nitrogens with zero attached hydrogens (tertiary/aromatic N) is 2. The highest BCUT2D eigenvalue weighted by Gasteiger charge is 2.10. The van der Waals surface area contributed by atoms with E-state index in [1.807, 2.05) is 56.3 Å². The quantitative estimate of drug-likeness (QED) is 0.210. The largest absolute Gasteiger partial charge is 0.490 e. The van der Waals surface area contributed by atoms with Gasteiger partial charge in [0.15, 0.2) is 0 Å². The Kier molecular flexibility index (Phi) is 10.4. The molecule has 0 saturated heterocycles.